The number of carbonyl (C=O) groups is 2. The number of imidazole rings is 1. The van der Waals surface area contributed by atoms with Crippen LogP contribution >= 0.6 is 0 Å². The first kappa shape index (κ1) is 16.3. The molecular formula is C18H17N5O2. The van der Waals surface area contributed by atoms with E-state index in [1.54, 1.807) is 54.7 Å². The highest BCUT2D eigenvalue weighted by atomic mass is 16.1. The average Bonchev–Trinajstić information content (AvgIpc) is 3.16. The van der Waals surface area contributed by atoms with Crippen molar-refractivity contribution in [2.24, 2.45) is 0 Å². The van der Waals surface area contributed by atoms with Gasteiger partial charge in [-0.1, -0.05) is 24.3 Å². The number of H-pyrrole nitrogens is 1. The summed E-state index contributed by atoms with van der Waals surface area (Å²) in [6, 6.07) is 14.1. The van der Waals surface area contributed by atoms with Crippen molar-refractivity contribution >= 4 is 29.5 Å². The SMILES string of the molecule is Nc1ccccc1NC(=O)c1ccc(CN(C=O)c2c[nH]cn2)cc1. The largest absolute Gasteiger partial charge is 0.397 e. The molecule has 0 atom stereocenters. The molecule has 0 spiro atoms. The first-order chi connectivity index (χ1) is 12.2. The topological polar surface area (TPSA) is 104 Å². The van der Waals surface area contributed by atoms with Gasteiger partial charge in [0, 0.05) is 11.8 Å². The van der Waals surface area contributed by atoms with Crippen LogP contribution in [0.5, 0.6) is 0 Å². The van der Waals surface area contributed by atoms with Gasteiger partial charge in [0.25, 0.3) is 5.91 Å². The lowest BCUT2D eigenvalue weighted by Crippen LogP contribution is -2.20. The van der Waals surface area contributed by atoms with Gasteiger partial charge in [-0.25, -0.2) is 4.98 Å². The van der Waals surface area contributed by atoms with Crippen LogP contribution in [0.25, 0.3) is 0 Å². The smallest absolute Gasteiger partial charge is 0.255 e. The molecule has 0 saturated heterocycles. The van der Waals surface area contributed by atoms with Crippen molar-refractivity contribution in [2.45, 2.75) is 6.54 Å². The molecule has 0 aliphatic carbocycles. The first-order valence-corrected chi connectivity index (χ1v) is 7.63. The second-order valence-corrected chi connectivity index (χ2v) is 5.40. The van der Waals surface area contributed by atoms with E-state index in [9.17, 15) is 9.59 Å². The highest BCUT2D eigenvalue weighted by Gasteiger charge is 2.10. The molecule has 0 saturated carbocycles. The Hall–Kier alpha value is -3.61. The summed E-state index contributed by atoms with van der Waals surface area (Å²) < 4.78 is 0. The molecular weight excluding hydrogens is 318 g/mol. The fourth-order valence-electron chi connectivity index (χ4n) is 2.35. The zero-order chi connectivity index (χ0) is 17.6. The summed E-state index contributed by atoms with van der Waals surface area (Å²) in [6.45, 7) is 0.363. The minimum Gasteiger partial charge on any atom is -0.397 e. The Morgan fingerprint density at radius 3 is 2.60 bits per heavy atom. The van der Waals surface area contributed by atoms with E-state index in [4.69, 9.17) is 5.73 Å². The summed E-state index contributed by atoms with van der Waals surface area (Å²) >= 11 is 0. The van der Waals surface area contributed by atoms with Crippen LogP contribution in [-0.2, 0) is 11.3 Å². The number of para-hydroxylation sites is 2. The molecule has 1 aromatic heterocycles. The van der Waals surface area contributed by atoms with Crippen molar-refractivity contribution in [3.8, 4) is 0 Å². The number of aromatic amines is 1. The van der Waals surface area contributed by atoms with Crippen LogP contribution in [0, 0.1) is 0 Å². The predicted molar refractivity (Wildman–Crippen MR) is 96.1 cm³/mol. The Morgan fingerprint density at radius 2 is 1.96 bits per heavy atom. The van der Waals surface area contributed by atoms with Crippen molar-refractivity contribution in [2.75, 3.05) is 16.0 Å². The maximum Gasteiger partial charge on any atom is 0.255 e. The summed E-state index contributed by atoms with van der Waals surface area (Å²) in [5.41, 5.74) is 8.29. The number of benzene rings is 2. The van der Waals surface area contributed by atoms with E-state index in [0.717, 1.165) is 12.0 Å². The molecule has 0 bridgehead atoms. The average molecular weight is 335 g/mol. The second-order valence-electron chi connectivity index (χ2n) is 5.40. The van der Waals surface area contributed by atoms with E-state index in [-0.39, 0.29) is 5.91 Å². The van der Waals surface area contributed by atoms with Crippen molar-refractivity contribution in [1.29, 1.82) is 0 Å². The minimum atomic E-state index is -0.246. The Labute approximate surface area is 144 Å². The van der Waals surface area contributed by atoms with E-state index >= 15 is 0 Å². The molecule has 0 radical (unpaired) electrons. The van der Waals surface area contributed by atoms with Gasteiger partial charge in [0.05, 0.1) is 24.2 Å². The number of hydrogen-bond acceptors (Lipinski definition) is 4. The Bertz CT molecular complexity index is 859. The van der Waals surface area contributed by atoms with Gasteiger partial charge >= 0.3 is 0 Å². The molecule has 0 aliphatic rings. The summed E-state index contributed by atoms with van der Waals surface area (Å²) in [4.78, 5) is 31.8. The number of hydrogen-bond donors (Lipinski definition) is 3. The van der Waals surface area contributed by atoms with Crippen LogP contribution in [-0.4, -0.2) is 22.3 Å². The maximum absolute atomic E-state index is 12.3. The predicted octanol–water partition coefficient (Wildman–Crippen LogP) is 2.41. The van der Waals surface area contributed by atoms with Gasteiger partial charge < -0.3 is 16.0 Å². The number of nitrogens with one attached hydrogen (secondary N) is 2. The quantitative estimate of drug-likeness (QED) is 0.475. The van der Waals surface area contributed by atoms with Crippen LogP contribution < -0.4 is 16.0 Å². The van der Waals surface area contributed by atoms with Gasteiger partial charge in [-0.05, 0) is 29.8 Å². The number of nitrogen functional groups attached to an aromatic ring is 1. The summed E-state index contributed by atoms with van der Waals surface area (Å²) in [7, 11) is 0. The van der Waals surface area contributed by atoms with Gasteiger partial charge in [-0.3, -0.25) is 14.5 Å². The Kier molecular flexibility index (Phi) is 4.75. The van der Waals surface area contributed by atoms with Crippen LogP contribution in [0.3, 0.4) is 0 Å². The maximum atomic E-state index is 12.3. The molecule has 4 N–H and O–H groups in total. The standard InChI is InChI=1S/C18H17N5O2/c19-15-3-1-2-4-16(15)22-18(25)14-7-5-13(6-8-14)10-23(12-24)17-9-20-11-21-17/h1-9,11-12H,10,19H2,(H,20,21)(H,22,25). The number of amides is 2. The third-order valence-corrected chi connectivity index (χ3v) is 3.68. The van der Waals surface area contributed by atoms with Crippen molar-refractivity contribution in [1.82, 2.24) is 9.97 Å². The molecule has 0 aliphatic heterocycles. The van der Waals surface area contributed by atoms with Gasteiger partial charge in [0.2, 0.25) is 6.41 Å². The molecule has 2 aromatic carbocycles. The van der Waals surface area contributed by atoms with Crippen LogP contribution in [0.4, 0.5) is 17.2 Å². The number of carbonyl (C=O) groups excluding carboxylic acids is 2. The molecule has 25 heavy (non-hydrogen) atoms. The fraction of sp³-hybridized carbons (Fsp3) is 0.0556. The first-order valence-electron chi connectivity index (χ1n) is 7.63. The molecule has 3 rings (SSSR count). The lowest BCUT2D eigenvalue weighted by atomic mass is 10.1. The van der Waals surface area contributed by atoms with Crippen molar-refractivity contribution < 1.29 is 9.59 Å². The normalized spacial score (nSPS) is 10.2. The van der Waals surface area contributed by atoms with E-state index < -0.39 is 0 Å². The monoisotopic (exact) mass is 335 g/mol. The van der Waals surface area contributed by atoms with Crippen molar-refractivity contribution in [3.63, 3.8) is 0 Å². The highest BCUT2D eigenvalue weighted by molar-refractivity contribution is 6.05. The van der Waals surface area contributed by atoms with Gasteiger partial charge in [0.15, 0.2) is 5.82 Å². The van der Waals surface area contributed by atoms with Gasteiger partial charge in [0.1, 0.15) is 0 Å². The van der Waals surface area contributed by atoms with E-state index in [2.05, 4.69) is 15.3 Å². The van der Waals surface area contributed by atoms with Gasteiger partial charge in [-0.2, -0.15) is 0 Å². The van der Waals surface area contributed by atoms with Crippen molar-refractivity contribution in [3.05, 3.63) is 72.2 Å². The minimum absolute atomic E-state index is 0.246. The van der Waals surface area contributed by atoms with E-state index in [1.165, 1.54) is 11.2 Å². The molecule has 0 unspecified atom stereocenters. The third-order valence-electron chi connectivity index (χ3n) is 3.68. The fourth-order valence-corrected chi connectivity index (χ4v) is 2.35. The lowest BCUT2D eigenvalue weighted by Gasteiger charge is -2.14. The number of nitrogens with two attached hydrogens (primary N) is 1. The summed E-state index contributed by atoms with van der Waals surface area (Å²) in [6.07, 6.45) is 3.87. The Balaban J connectivity index is 1.68. The van der Waals surface area contributed by atoms with Crippen LogP contribution in [0.2, 0.25) is 0 Å². The molecule has 2 amide bonds. The molecule has 3 aromatic rings. The molecule has 0 fully saturated rings. The van der Waals surface area contributed by atoms with Crippen LogP contribution in [0.1, 0.15) is 15.9 Å². The summed E-state index contributed by atoms with van der Waals surface area (Å²) in [5.74, 6) is 0.292. The second kappa shape index (κ2) is 7.31. The molecule has 1 heterocycles. The van der Waals surface area contributed by atoms with Gasteiger partial charge in [-0.15, -0.1) is 0 Å². The molecule has 7 heteroatoms. The lowest BCUT2D eigenvalue weighted by molar-refractivity contribution is -0.107. The number of nitrogens with zero attached hydrogens (tertiary/aromatic N) is 2. The molecule has 7 nitrogen and oxygen atoms in total. The number of aromatic nitrogens is 2. The zero-order valence-corrected chi connectivity index (χ0v) is 13.3. The zero-order valence-electron chi connectivity index (χ0n) is 13.3. The summed E-state index contributed by atoms with van der Waals surface area (Å²) in [5, 5.41) is 2.78. The third kappa shape index (κ3) is 3.84. The molecule has 126 valence electrons. The van der Waals surface area contributed by atoms with Crippen LogP contribution in [0.15, 0.2) is 61.1 Å². The van der Waals surface area contributed by atoms with E-state index in [0.29, 0.717) is 29.3 Å². The Morgan fingerprint density at radius 1 is 1.20 bits per heavy atom. The van der Waals surface area contributed by atoms with E-state index in [1.807, 2.05) is 0 Å². The number of anilines is 3. The number of rotatable bonds is 6. The highest BCUT2D eigenvalue weighted by Crippen LogP contribution is 2.18.